The first-order valence-corrected chi connectivity index (χ1v) is 5.97. The molecule has 1 aliphatic carbocycles. The van der Waals surface area contributed by atoms with Crippen LogP contribution in [0.2, 0.25) is 0 Å². The number of carbonyl (C=O) groups is 2. The van der Waals surface area contributed by atoms with Gasteiger partial charge in [0.1, 0.15) is 0 Å². The van der Waals surface area contributed by atoms with Crippen LogP contribution in [0.3, 0.4) is 0 Å². The summed E-state index contributed by atoms with van der Waals surface area (Å²) in [6.45, 7) is 0.166. The number of anilines is 2. The summed E-state index contributed by atoms with van der Waals surface area (Å²) in [5.74, 6) is -0.898. The number of nitrogen functional groups attached to an aromatic ring is 1. The van der Waals surface area contributed by atoms with E-state index in [-0.39, 0.29) is 24.8 Å². The summed E-state index contributed by atoms with van der Waals surface area (Å²) in [5.41, 5.74) is 6.95. The van der Waals surface area contributed by atoms with Gasteiger partial charge >= 0.3 is 5.97 Å². The molecule has 0 heterocycles. The molecule has 0 bridgehead atoms. The molecule has 1 saturated carbocycles. The Labute approximate surface area is 105 Å². The van der Waals surface area contributed by atoms with Gasteiger partial charge in [0.2, 0.25) is 5.91 Å². The topological polar surface area (TPSA) is 83.6 Å². The Hall–Kier alpha value is -2.04. The molecule has 1 aromatic rings. The van der Waals surface area contributed by atoms with Gasteiger partial charge in [0, 0.05) is 12.5 Å². The maximum absolute atomic E-state index is 12.1. The largest absolute Gasteiger partial charge is 0.481 e. The maximum Gasteiger partial charge on any atom is 0.305 e. The number of hydrogen-bond donors (Lipinski definition) is 2. The summed E-state index contributed by atoms with van der Waals surface area (Å²) in [6, 6.07) is 7.04. The fourth-order valence-corrected chi connectivity index (χ4v) is 1.84. The highest BCUT2D eigenvalue weighted by atomic mass is 16.4. The number of carboxylic acid groups (broad SMARTS) is 1. The Morgan fingerprint density at radius 2 is 2.00 bits per heavy atom. The van der Waals surface area contributed by atoms with Gasteiger partial charge in [0.15, 0.2) is 0 Å². The van der Waals surface area contributed by atoms with Crippen LogP contribution in [0.25, 0.3) is 0 Å². The number of carbonyl (C=O) groups excluding carboxylic acids is 1. The molecular formula is C13H16N2O3. The lowest BCUT2D eigenvalue weighted by molar-refractivity contribution is -0.136. The van der Waals surface area contributed by atoms with Crippen LogP contribution in [0.1, 0.15) is 19.3 Å². The summed E-state index contributed by atoms with van der Waals surface area (Å²) in [5, 5.41) is 8.75. The number of hydrogen-bond acceptors (Lipinski definition) is 3. The molecule has 5 nitrogen and oxygen atoms in total. The van der Waals surface area contributed by atoms with E-state index in [0.29, 0.717) is 11.4 Å². The fourth-order valence-electron chi connectivity index (χ4n) is 1.84. The zero-order valence-corrected chi connectivity index (χ0v) is 10.0. The van der Waals surface area contributed by atoms with Crippen LogP contribution in [-0.2, 0) is 9.59 Å². The number of para-hydroxylation sites is 2. The SMILES string of the molecule is Nc1ccccc1N(CCC(=O)O)C(=O)C1CC1. The minimum absolute atomic E-state index is 0.0193. The number of amides is 1. The Morgan fingerprint density at radius 3 is 2.56 bits per heavy atom. The van der Waals surface area contributed by atoms with Gasteiger partial charge in [-0.25, -0.2) is 0 Å². The Balaban J connectivity index is 2.20. The second-order valence-electron chi connectivity index (χ2n) is 4.47. The van der Waals surface area contributed by atoms with E-state index in [1.165, 1.54) is 4.90 Å². The normalized spacial score (nSPS) is 14.2. The quantitative estimate of drug-likeness (QED) is 0.773. The van der Waals surface area contributed by atoms with E-state index in [0.717, 1.165) is 12.8 Å². The van der Waals surface area contributed by atoms with Gasteiger partial charge in [-0.15, -0.1) is 0 Å². The molecule has 1 fully saturated rings. The minimum atomic E-state index is -0.918. The second kappa shape index (κ2) is 5.08. The van der Waals surface area contributed by atoms with E-state index in [9.17, 15) is 9.59 Å². The van der Waals surface area contributed by atoms with Crippen molar-refractivity contribution in [1.29, 1.82) is 0 Å². The third-order valence-electron chi connectivity index (χ3n) is 2.97. The summed E-state index contributed by atoms with van der Waals surface area (Å²) in [7, 11) is 0. The molecule has 5 heteroatoms. The van der Waals surface area contributed by atoms with Gasteiger partial charge in [-0.2, -0.15) is 0 Å². The van der Waals surface area contributed by atoms with Gasteiger partial charge in [0.25, 0.3) is 0 Å². The van der Waals surface area contributed by atoms with E-state index in [1.54, 1.807) is 24.3 Å². The Kier molecular flexibility index (Phi) is 3.50. The number of nitrogens with zero attached hydrogens (tertiary/aromatic N) is 1. The molecule has 0 saturated heterocycles. The van der Waals surface area contributed by atoms with E-state index in [2.05, 4.69) is 0 Å². The summed E-state index contributed by atoms with van der Waals surface area (Å²) < 4.78 is 0. The van der Waals surface area contributed by atoms with Crippen molar-refractivity contribution in [3.63, 3.8) is 0 Å². The highest BCUT2D eigenvalue weighted by molar-refractivity contribution is 5.99. The molecule has 18 heavy (non-hydrogen) atoms. The number of nitrogens with two attached hydrogens (primary N) is 1. The van der Waals surface area contributed by atoms with E-state index >= 15 is 0 Å². The van der Waals surface area contributed by atoms with Crippen molar-refractivity contribution in [2.45, 2.75) is 19.3 Å². The Morgan fingerprint density at radius 1 is 1.33 bits per heavy atom. The fraction of sp³-hybridized carbons (Fsp3) is 0.385. The van der Waals surface area contributed by atoms with Crippen LogP contribution in [0.15, 0.2) is 24.3 Å². The van der Waals surface area contributed by atoms with E-state index in [1.807, 2.05) is 0 Å². The molecule has 1 amide bonds. The lowest BCUT2D eigenvalue weighted by Gasteiger charge is -2.23. The van der Waals surface area contributed by atoms with Gasteiger partial charge in [-0.3, -0.25) is 9.59 Å². The highest BCUT2D eigenvalue weighted by Gasteiger charge is 2.34. The molecule has 0 radical (unpaired) electrons. The third-order valence-corrected chi connectivity index (χ3v) is 2.97. The summed E-state index contributed by atoms with van der Waals surface area (Å²) in [4.78, 5) is 24.3. The average Bonchev–Trinajstić information content (AvgIpc) is 3.14. The average molecular weight is 248 g/mol. The second-order valence-corrected chi connectivity index (χ2v) is 4.47. The first-order valence-electron chi connectivity index (χ1n) is 5.97. The van der Waals surface area contributed by atoms with Crippen molar-refractivity contribution in [1.82, 2.24) is 0 Å². The smallest absolute Gasteiger partial charge is 0.305 e. The number of rotatable bonds is 5. The molecule has 0 atom stereocenters. The van der Waals surface area contributed by atoms with Crippen LogP contribution in [0.5, 0.6) is 0 Å². The van der Waals surface area contributed by atoms with Crippen LogP contribution < -0.4 is 10.6 Å². The van der Waals surface area contributed by atoms with Crippen molar-refractivity contribution in [2.24, 2.45) is 5.92 Å². The monoisotopic (exact) mass is 248 g/mol. The van der Waals surface area contributed by atoms with Gasteiger partial charge in [-0.1, -0.05) is 12.1 Å². The van der Waals surface area contributed by atoms with Crippen molar-refractivity contribution in [3.8, 4) is 0 Å². The standard InChI is InChI=1S/C13H16N2O3/c14-10-3-1-2-4-11(10)15(8-7-12(16)17)13(18)9-5-6-9/h1-4,9H,5-8,14H2,(H,16,17). The first kappa shape index (κ1) is 12.4. The molecule has 0 spiro atoms. The minimum Gasteiger partial charge on any atom is -0.481 e. The third kappa shape index (κ3) is 2.80. The number of benzene rings is 1. The molecule has 2 rings (SSSR count). The molecule has 3 N–H and O–H groups in total. The summed E-state index contributed by atoms with van der Waals surface area (Å²) >= 11 is 0. The van der Waals surface area contributed by atoms with Gasteiger partial charge in [-0.05, 0) is 25.0 Å². The maximum atomic E-state index is 12.1. The van der Waals surface area contributed by atoms with Crippen LogP contribution in [0, 0.1) is 5.92 Å². The molecule has 96 valence electrons. The predicted octanol–water partition coefficient (Wildman–Crippen LogP) is 1.49. The molecule has 1 aliphatic rings. The van der Waals surface area contributed by atoms with Crippen molar-refractivity contribution in [3.05, 3.63) is 24.3 Å². The van der Waals surface area contributed by atoms with E-state index < -0.39 is 5.97 Å². The van der Waals surface area contributed by atoms with Crippen molar-refractivity contribution in [2.75, 3.05) is 17.2 Å². The van der Waals surface area contributed by atoms with Gasteiger partial charge in [0.05, 0.1) is 17.8 Å². The van der Waals surface area contributed by atoms with Crippen molar-refractivity contribution < 1.29 is 14.7 Å². The van der Waals surface area contributed by atoms with E-state index in [4.69, 9.17) is 10.8 Å². The zero-order chi connectivity index (χ0) is 13.1. The van der Waals surface area contributed by atoms with Crippen molar-refractivity contribution >= 4 is 23.3 Å². The highest BCUT2D eigenvalue weighted by Crippen LogP contribution is 2.34. The lowest BCUT2D eigenvalue weighted by atomic mass is 10.2. The molecular weight excluding hydrogens is 232 g/mol. The zero-order valence-electron chi connectivity index (χ0n) is 10.0. The van der Waals surface area contributed by atoms with Crippen LogP contribution in [0.4, 0.5) is 11.4 Å². The van der Waals surface area contributed by atoms with Crippen LogP contribution >= 0.6 is 0 Å². The Bertz CT molecular complexity index is 469. The predicted molar refractivity (Wildman–Crippen MR) is 68.2 cm³/mol. The van der Waals surface area contributed by atoms with Crippen LogP contribution in [-0.4, -0.2) is 23.5 Å². The molecule has 0 unspecified atom stereocenters. The molecule has 0 aliphatic heterocycles. The molecule has 1 aromatic carbocycles. The van der Waals surface area contributed by atoms with Gasteiger partial charge < -0.3 is 15.7 Å². The number of carboxylic acids is 1. The molecule has 0 aromatic heterocycles. The lowest BCUT2D eigenvalue weighted by Crippen LogP contribution is -2.34. The first-order chi connectivity index (χ1) is 8.59. The summed E-state index contributed by atoms with van der Waals surface area (Å²) in [6.07, 6.45) is 1.69. The number of aliphatic carboxylic acids is 1.